The molecule has 0 aliphatic heterocycles. The average Bonchev–Trinajstić information content (AvgIpc) is 3.37. The number of amides is 2. The van der Waals surface area contributed by atoms with Gasteiger partial charge in [-0.3, -0.25) is 9.59 Å². The summed E-state index contributed by atoms with van der Waals surface area (Å²) in [5.74, 6) is -4.18. The minimum absolute atomic E-state index is 0.0433. The highest BCUT2D eigenvalue weighted by Gasteiger charge is 2.19. The van der Waals surface area contributed by atoms with Gasteiger partial charge in [0.2, 0.25) is 5.91 Å². The highest BCUT2D eigenvalue weighted by molar-refractivity contribution is 7.22. The van der Waals surface area contributed by atoms with E-state index in [-0.39, 0.29) is 5.69 Å². The second-order valence-corrected chi connectivity index (χ2v) is 7.89. The molecule has 0 spiro atoms. The van der Waals surface area contributed by atoms with Gasteiger partial charge in [0.05, 0.1) is 17.1 Å². The van der Waals surface area contributed by atoms with Crippen LogP contribution in [0, 0.1) is 18.6 Å². The highest BCUT2D eigenvalue weighted by Crippen LogP contribution is 2.31. The van der Waals surface area contributed by atoms with Crippen LogP contribution in [-0.4, -0.2) is 35.9 Å². The topological polar surface area (TPSA) is 97.4 Å². The predicted molar refractivity (Wildman–Crippen MR) is 108 cm³/mol. The van der Waals surface area contributed by atoms with Crippen LogP contribution < -0.4 is 10.6 Å². The highest BCUT2D eigenvalue weighted by atomic mass is 32.1. The molecule has 2 amide bonds. The maximum atomic E-state index is 13.1. The number of anilines is 1. The lowest BCUT2D eigenvalue weighted by atomic mass is 10.3. The van der Waals surface area contributed by atoms with E-state index in [1.165, 1.54) is 28.7 Å². The Morgan fingerprint density at radius 3 is 2.63 bits per heavy atom. The first-order valence-electron chi connectivity index (χ1n) is 8.53. The van der Waals surface area contributed by atoms with Crippen LogP contribution in [-0.2, 0) is 14.3 Å². The number of halogens is 2. The fourth-order valence-electron chi connectivity index (χ4n) is 2.30. The number of nitrogens with zero attached hydrogens (tertiary/aromatic N) is 1. The monoisotopic (exact) mass is 451 g/mol. The van der Waals surface area contributed by atoms with Gasteiger partial charge in [-0.1, -0.05) is 6.07 Å². The number of ether oxygens (including phenoxy) is 1. The Balaban J connectivity index is 1.45. The van der Waals surface area contributed by atoms with Crippen LogP contribution in [0.1, 0.15) is 15.4 Å². The number of thiophene rings is 1. The lowest BCUT2D eigenvalue weighted by Crippen LogP contribution is -2.35. The van der Waals surface area contributed by atoms with Gasteiger partial charge in [-0.15, -0.1) is 22.7 Å². The van der Waals surface area contributed by atoms with Gasteiger partial charge in [0.25, 0.3) is 5.91 Å². The Hall–Kier alpha value is -3.18. The van der Waals surface area contributed by atoms with Gasteiger partial charge >= 0.3 is 5.97 Å². The third-order valence-corrected chi connectivity index (χ3v) is 5.87. The van der Waals surface area contributed by atoms with Crippen LogP contribution in [0.3, 0.4) is 0 Å². The van der Waals surface area contributed by atoms with Crippen molar-refractivity contribution in [3.63, 3.8) is 0 Å². The maximum Gasteiger partial charge on any atom is 0.350 e. The number of thiazole rings is 1. The van der Waals surface area contributed by atoms with E-state index in [4.69, 9.17) is 4.74 Å². The molecule has 0 radical (unpaired) electrons. The van der Waals surface area contributed by atoms with E-state index in [9.17, 15) is 23.2 Å². The molecule has 0 unspecified atom stereocenters. The lowest BCUT2D eigenvalue weighted by molar-refractivity contribution is -0.126. The molecule has 0 saturated carbocycles. The largest absolute Gasteiger partial charge is 0.451 e. The van der Waals surface area contributed by atoms with Crippen molar-refractivity contribution in [2.75, 3.05) is 18.5 Å². The van der Waals surface area contributed by atoms with Crippen molar-refractivity contribution in [3.05, 3.63) is 57.9 Å². The summed E-state index contributed by atoms with van der Waals surface area (Å²) < 4.78 is 31.0. The molecule has 7 nitrogen and oxygen atoms in total. The Bertz CT molecular complexity index is 1080. The quantitative estimate of drug-likeness (QED) is 0.537. The molecule has 1 aromatic carbocycles. The number of hydrogen-bond acceptors (Lipinski definition) is 7. The molecule has 0 bridgehead atoms. The third kappa shape index (κ3) is 5.45. The molecule has 0 aliphatic carbocycles. The molecule has 2 heterocycles. The summed E-state index contributed by atoms with van der Waals surface area (Å²) in [7, 11) is 0. The first-order valence-corrected chi connectivity index (χ1v) is 10.2. The zero-order valence-corrected chi connectivity index (χ0v) is 17.2. The number of hydrogen-bond donors (Lipinski definition) is 2. The minimum atomic E-state index is -1.11. The van der Waals surface area contributed by atoms with E-state index >= 15 is 0 Å². The summed E-state index contributed by atoms with van der Waals surface area (Å²) in [6.45, 7) is 0.660. The molecule has 0 fully saturated rings. The van der Waals surface area contributed by atoms with E-state index in [2.05, 4.69) is 15.6 Å². The summed E-state index contributed by atoms with van der Waals surface area (Å²) in [6, 6.07) is 6.63. The van der Waals surface area contributed by atoms with Gasteiger partial charge in [0.15, 0.2) is 18.2 Å². The van der Waals surface area contributed by atoms with Gasteiger partial charge in [-0.05, 0) is 30.5 Å². The van der Waals surface area contributed by atoms with Crippen molar-refractivity contribution >= 4 is 46.1 Å². The fraction of sp³-hybridized carbons (Fsp3) is 0.158. The number of nitrogens with one attached hydrogen (secondary N) is 2. The predicted octanol–water partition coefficient (Wildman–Crippen LogP) is 3.37. The number of aromatic nitrogens is 1. The Morgan fingerprint density at radius 2 is 1.93 bits per heavy atom. The summed E-state index contributed by atoms with van der Waals surface area (Å²) in [5.41, 5.74) is 0.543. The van der Waals surface area contributed by atoms with Crippen molar-refractivity contribution in [1.82, 2.24) is 10.3 Å². The molecule has 11 heteroatoms. The summed E-state index contributed by atoms with van der Waals surface area (Å²) in [6.07, 6.45) is 0. The van der Waals surface area contributed by atoms with Crippen molar-refractivity contribution in [2.24, 2.45) is 0 Å². The molecule has 30 heavy (non-hydrogen) atoms. The minimum Gasteiger partial charge on any atom is -0.451 e. The smallest absolute Gasteiger partial charge is 0.350 e. The van der Waals surface area contributed by atoms with Crippen molar-refractivity contribution < 1.29 is 27.9 Å². The van der Waals surface area contributed by atoms with Crippen LogP contribution in [0.2, 0.25) is 0 Å². The molecule has 156 valence electrons. The summed E-state index contributed by atoms with van der Waals surface area (Å²) >= 11 is 2.66. The van der Waals surface area contributed by atoms with E-state index in [1.54, 1.807) is 6.92 Å². The Morgan fingerprint density at radius 1 is 1.13 bits per heavy atom. The normalized spacial score (nSPS) is 10.5. The first kappa shape index (κ1) is 21.5. The number of carbonyl (C=O) groups excluding carboxylic acids is 3. The molecule has 0 saturated heterocycles. The molecule has 2 N–H and O–H groups in total. The van der Waals surface area contributed by atoms with Crippen molar-refractivity contribution in [2.45, 2.75) is 6.92 Å². The summed E-state index contributed by atoms with van der Waals surface area (Å²) in [5, 5.41) is 7.16. The number of benzene rings is 1. The number of rotatable bonds is 7. The van der Waals surface area contributed by atoms with E-state index in [0.29, 0.717) is 15.6 Å². The van der Waals surface area contributed by atoms with E-state index in [0.717, 1.165) is 17.0 Å². The molecule has 3 rings (SSSR count). The fourth-order valence-corrected chi connectivity index (χ4v) is 4.05. The second-order valence-electron chi connectivity index (χ2n) is 5.94. The zero-order chi connectivity index (χ0) is 21.7. The van der Waals surface area contributed by atoms with Crippen LogP contribution in [0.5, 0.6) is 0 Å². The Labute approximate surface area is 177 Å². The van der Waals surface area contributed by atoms with Gasteiger partial charge in [-0.2, -0.15) is 0 Å². The van der Waals surface area contributed by atoms with Gasteiger partial charge < -0.3 is 15.4 Å². The maximum absolute atomic E-state index is 13.1. The van der Waals surface area contributed by atoms with Crippen LogP contribution in [0.4, 0.5) is 14.5 Å². The Kier molecular flexibility index (Phi) is 6.85. The zero-order valence-electron chi connectivity index (χ0n) is 15.5. The molecule has 2 aromatic heterocycles. The number of carbonyl (C=O) groups is 3. The van der Waals surface area contributed by atoms with E-state index in [1.807, 2.05) is 17.5 Å². The molecular weight excluding hydrogens is 436 g/mol. The van der Waals surface area contributed by atoms with Crippen LogP contribution >= 0.6 is 22.7 Å². The molecule has 3 aromatic rings. The van der Waals surface area contributed by atoms with Crippen molar-refractivity contribution in [1.29, 1.82) is 0 Å². The molecular formula is C19H15F2N3O4S2. The lowest BCUT2D eigenvalue weighted by Gasteiger charge is -2.08. The standard InChI is InChI=1S/C19H15F2N3O4S2/c1-10-17(30-18(23-10)14-3-2-6-29-14)19(27)28-9-16(26)22-8-15(25)24-11-4-5-12(20)13(21)7-11/h2-7H,8-9H2,1H3,(H,22,26)(H,24,25). The average molecular weight is 451 g/mol. The SMILES string of the molecule is Cc1nc(-c2cccs2)sc1C(=O)OCC(=O)NCC(=O)Nc1ccc(F)c(F)c1. The summed E-state index contributed by atoms with van der Waals surface area (Å²) in [4.78, 5) is 41.4. The second kappa shape index (κ2) is 9.55. The van der Waals surface area contributed by atoms with Gasteiger partial charge in [0.1, 0.15) is 9.88 Å². The van der Waals surface area contributed by atoms with Crippen molar-refractivity contribution in [3.8, 4) is 9.88 Å². The van der Waals surface area contributed by atoms with Gasteiger partial charge in [-0.25, -0.2) is 18.6 Å². The van der Waals surface area contributed by atoms with Gasteiger partial charge in [0, 0.05) is 11.8 Å². The van der Waals surface area contributed by atoms with E-state index < -0.39 is 42.6 Å². The number of esters is 1. The third-order valence-electron chi connectivity index (χ3n) is 3.70. The van der Waals surface area contributed by atoms with Crippen LogP contribution in [0.25, 0.3) is 9.88 Å². The van der Waals surface area contributed by atoms with Crippen LogP contribution in [0.15, 0.2) is 35.7 Å². The molecule has 0 aliphatic rings. The number of aryl methyl sites for hydroxylation is 1. The molecule has 0 atom stereocenters. The first-order chi connectivity index (χ1) is 14.3.